The number of halogens is 1. The van der Waals surface area contributed by atoms with Gasteiger partial charge in [0, 0.05) is 10.9 Å². The molecule has 2 heteroatoms. The van der Waals surface area contributed by atoms with Crippen LogP contribution in [0.1, 0.15) is 44.1 Å². The van der Waals surface area contributed by atoms with E-state index < -0.39 is 0 Å². The molecule has 1 aromatic rings. The van der Waals surface area contributed by atoms with Crippen LogP contribution in [0.5, 0.6) is 0 Å². The van der Waals surface area contributed by atoms with Gasteiger partial charge < -0.3 is 0 Å². The van der Waals surface area contributed by atoms with E-state index in [9.17, 15) is 4.79 Å². The highest BCUT2D eigenvalue weighted by molar-refractivity contribution is 6.30. The Morgan fingerprint density at radius 2 is 1.74 bits per heavy atom. The van der Waals surface area contributed by atoms with Gasteiger partial charge in [0.2, 0.25) is 0 Å². The smallest absolute Gasteiger partial charge is 0.162 e. The second-order valence-electron chi connectivity index (χ2n) is 5.78. The first-order valence-electron chi connectivity index (χ1n) is 7.24. The predicted octanol–water partition coefficient (Wildman–Crippen LogP) is 4.89. The minimum atomic E-state index is 0.307. The minimum Gasteiger partial charge on any atom is -0.294 e. The molecule has 0 aromatic heterocycles. The summed E-state index contributed by atoms with van der Waals surface area (Å²) >= 11 is 5.88. The summed E-state index contributed by atoms with van der Waals surface area (Å²) in [6.07, 6.45) is 9.18. The molecular formula is C17H19ClO. The van der Waals surface area contributed by atoms with Gasteiger partial charge in [0.25, 0.3) is 0 Å². The van der Waals surface area contributed by atoms with Crippen LogP contribution >= 0.6 is 11.6 Å². The molecule has 2 aliphatic carbocycles. The molecule has 0 bridgehead atoms. The van der Waals surface area contributed by atoms with E-state index in [2.05, 4.69) is 0 Å². The fourth-order valence-corrected chi connectivity index (χ4v) is 3.64. The van der Waals surface area contributed by atoms with Crippen molar-refractivity contribution in [1.29, 1.82) is 0 Å². The van der Waals surface area contributed by atoms with Crippen LogP contribution in [0.25, 0.3) is 6.08 Å². The highest BCUT2D eigenvalue weighted by atomic mass is 35.5. The van der Waals surface area contributed by atoms with Crippen molar-refractivity contribution in [3.8, 4) is 0 Å². The van der Waals surface area contributed by atoms with Crippen molar-refractivity contribution in [2.75, 3.05) is 0 Å². The Bertz CT molecular complexity index is 494. The maximum atomic E-state index is 12.5. The second-order valence-corrected chi connectivity index (χ2v) is 6.21. The zero-order chi connectivity index (χ0) is 13.2. The number of Topliss-reactive ketones (excluding diaryl/α,β-unsaturated/α-hetero) is 1. The number of hydrogen-bond acceptors (Lipinski definition) is 1. The molecule has 1 nitrogen and oxygen atoms in total. The summed E-state index contributed by atoms with van der Waals surface area (Å²) in [5.41, 5.74) is 2.10. The van der Waals surface area contributed by atoms with E-state index in [0.717, 1.165) is 29.0 Å². The average Bonchev–Trinajstić information content (AvgIpc) is 3.03. The number of rotatable bonds is 2. The van der Waals surface area contributed by atoms with Crippen molar-refractivity contribution in [3.05, 3.63) is 40.4 Å². The normalized spacial score (nSPS) is 26.5. The van der Waals surface area contributed by atoms with Crippen LogP contribution in [0.2, 0.25) is 5.02 Å². The predicted molar refractivity (Wildman–Crippen MR) is 79.1 cm³/mol. The maximum absolute atomic E-state index is 12.5. The maximum Gasteiger partial charge on any atom is 0.162 e. The topological polar surface area (TPSA) is 17.1 Å². The van der Waals surface area contributed by atoms with Gasteiger partial charge in [-0.3, -0.25) is 4.79 Å². The van der Waals surface area contributed by atoms with Crippen molar-refractivity contribution in [3.63, 3.8) is 0 Å². The van der Waals surface area contributed by atoms with Gasteiger partial charge in [-0.2, -0.15) is 0 Å². The average molecular weight is 275 g/mol. The Kier molecular flexibility index (Phi) is 3.74. The lowest BCUT2D eigenvalue weighted by Crippen LogP contribution is -2.16. The third kappa shape index (κ3) is 2.76. The van der Waals surface area contributed by atoms with Crippen LogP contribution in [0.15, 0.2) is 29.8 Å². The van der Waals surface area contributed by atoms with Crippen LogP contribution in [0.4, 0.5) is 0 Å². The molecule has 0 aliphatic heterocycles. The lowest BCUT2D eigenvalue weighted by molar-refractivity contribution is -0.119. The van der Waals surface area contributed by atoms with Crippen LogP contribution in [0.3, 0.4) is 0 Å². The molecule has 2 saturated carbocycles. The highest BCUT2D eigenvalue weighted by Crippen LogP contribution is 2.40. The van der Waals surface area contributed by atoms with E-state index in [-0.39, 0.29) is 0 Å². The first-order valence-corrected chi connectivity index (χ1v) is 7.62. The molecule has 2 aliphatic rings. The molecule has 0 heterocycles. The molecular weight excluding hydrogens is 256 g/mol. The monoisotopic (exact) mass is 274 g/mol. The number of carbonyl (C=O) groups excluding carboxylic acids is 1. The Balaban J connectivity index is 1.75. The molecule has 0 spiro atoms. The van der Waals surface area contributed by atoms with Crippen LogP contribution < -0.4 is 0 Å². The largest absolute Gasteiger partial charge is 0.294 e. The van der Waals surface area contributed by atoms with Crippen molar-refractivity contribution in [1.82, 2.24) is 0 Å². The lowest BCUT2D eigenvalue weighted by atomic mass is 9.88. The van der Waals surface area contributed by atoms with E-state index >= 15 is 0 Å². The quantitative estimate of drug-likeness (QED) is 0.702. The van der Waals surface area contributed by atoms with Gasteiger partial charge >= 0.3 is 0 Å². The fraction of sp³-hybridized carbons (Fsp3) is 0.471. The minimum absolute atomic E-state index is 0.307. The van der Waals surface area contributed by atoms with E-state index in [1.807, 2.05) is 30.3 Å². The van der Waals surface area contributed by atoms with Crippen molar-refractivity contribution in [2.45, 2.75) is 38.5 Å². The summed E-state index contributed by atoms with van der Waals surface area (Å²) < 4.78 is 0. The first-order chi connectivity index (χ1) is 9.24. The van der Waals surface area contributed by atoms with Crippen LogP contribution in [0, 0.1) is 11.8 Å². The Labute approximate surface area is 119 Å². The fourth-order valence-electron chi connectivity index (χ4n) is 3.52. The number of hydrogen-bond donors (Lipinski definition) is 0. The van der Waals surface area contributed by atoms with Gasteiger partial charge in [-0.05, 0) is 60.9 Å². The molecule has 3 rings (SSSR count). The molecule has 0 radical (unpaired) electrons. The molecule has 19 heavy (non-hydrogen) atoms. The molecule has 0 amide bonds. The van der Waals surface area contributed by atoms with Gasteiger partial charge in [-0.25, -0.2) is 0 Å². The van der Waals surface area contributed by atoms with Gasteiger partial charge in [-0.1, -0.05) is 36.6 Å². The molecule has 1 aromatic carbocycles. The third-order valence-electron chi connectivity index (χ3n) is 4.56. The summed E-state index contributed by atoms with van der Waals surface area (Å²) in [4.78, 5) is 12.5. The van der Waals surface area contributed by atoms with E-state index in [1.165, 1.54) is 25.7 Å². The van der Waals surface area contributed by atoms with E-state index in [1.54, 1.807) is 0 Å². The van der Waals surface area contributed by atoms with Gasteiger partial charge in [0.15, 0.2) is 5.78 Å². The van der Waals surface area contributed by atoms with Crippen LogP contribution in [-0.2, 0) is 4.79 Å². The number of benzene rings is 1. The van der Waals surface area contributed by atoms with Gasteiger partial charge in [0.1, 0.15) is 0 Å². The molecule has 2 fully saturated rings. The van der Waals surface area contributed by atoms with Crippen molar-refractivity contribution in [2.24, 2.45) is 11.8 Å². The van der Waals surface area contributed by atoms with Crippen molar-refractivity contribution < 1.29 is 4.79 Å². The molecule has 1 atom stereocenters. The molecule has 100 valence electrons. The Hall–Kier alpha value is -1.08. The summed E-state index contributed by atoms with van der Waals surface area (Å²) in [5.74, 6) is 1.37. The summed E-state index contributed by atoms with van der Waals surface area (Å²) in [7, 11) is 0. The summed E-state index contributed by atoms with van der Waals surface area (Å²) in [6, 6.07) is 7.71. The number of ketones is 1. The number of allylic oxidation sites excluding steroid dienone is 1. The molecule has 0 saturated heterocycles. The van der Waals surface area contributed by atoms with Crippen molar-refractivity contribution >= 4 is 23.5 Å². The lowest BCUT2D eigenvalue weighted by Gasteiger charge is -2.15. The highest BCUT2D eigenvalue weighted by Gasteiger charge is 2.36. The van der Waals surface area contributed by atoms with Crippen LogP contribution in [-0.4, -0.2) is 5.78 Å². The van der Waals surface area contributed by atoms with Gasteiger partial charge in [-0.15, -0.1) is 0 Å². The molecule has 0 N–H and O–H groups in total. The zero-order valence-corrected chi connectivity index (χ0v) is 11.8. The third-order valence-corrected chi connectivity index (χ3v) is 4.81. The Morgan fingerprint density at radius 1 is 1.05 bits per heavy atom. The van der Waals surface area contributed by atoms with E-state index in [0.29, 0.717) is 17.6 Å². The standard InChI is InChI=1S/C17H19ClO/c18-15-8-5-12(6-9-15)11-14-7-10-16(17(14)19)13-3-1-2-4-13/h5-6,8-9,11,13,16H,1-4,7,10H2. The second kappa shape index (κ2) is 5.50. The summed E-state index contributed by atoms with van der Waals surface area (Å²) in [5, 5.41) is 0.740. The SMILES string of the molecule is O=C1C(=Cc2ccc(Cl)cc2)CCC1C1CCCC1. The van der Waals surface area contributed by atoms with E-state index in [4.69, 9.17) is 11.6 Å². The summed E-state index contributed by atoms with van der Waals surface area (Å²) in [6.45, 7) is 0. The zero-order valence-electron chi connectivity index (χ0n) is 11.1. The molecule has 1 unspecified atom stereocenters. The number of carbonyl (C=O) groups is 1. The first kappa shape index (κ1) is 12.9. The van der Waals surface area contributed by atoms with Gasteiger partial charge in [0.05, 0.1) is 0 Å². The Morgan fingerprint density at radius 3 is 2.42 bits per heavy atom.